The minimum absolute atomic E-state index is 0.141. The number of ether oxygens (including phenoxy) is 2. The minimum Gasteiger partial charge on any atom is -0.486 e. The number of aromatic nitrogens is 3. The van der Waals surface area contributed by atoms with Gasteiger partial charge in [-0.3, -0.25) is 4.79 Å². The lowest BCUT2D eigenvalue weighted by Crippen LogP contribution is -2.24. The SMILES string of the molecule is C[C@H](Sc1nnc(C2CC2)n1N)C(=O)Nc1ccc2c(c1)OCCO2. The van der Waals surface area contributed by atoms with Gasteiger partial charge in [-0.25, -0.2) is 4.68 Å². The molecule has 1 aromatic carbocycles. The second kappa shape index (κ2) is 6.47. The molecular formula is C16H19N5O3S. The number of nitrogens with two attached hydrogens (primary N) is 1. The van der Waals surface area contributed by atoms with E-state index in [9.17, 15) is 4.79 Å². The Morgan fingerprint density at radius 2 is 2.08 bits per heavy atom. The fourth-order valence-electron chi connectivity index (χ4n) is 2.57. The van der Waals surface area contributed by atoms with Crippen LogP contribution in [0.2, 0.25) is 0 Å². The average molecular weight is 361 g/mol. The van der Waals surface area contributed by atoms with Crippen molar-refractivity contribution in [2.24, 2.45) is 0 Å². The van der Waals surface area contributed by atoms with Gasteiger partial charge in [-0.1, -0.05) is 11.8 Å². The van der Waals surface area contributed by atoms with E-state index < -0.39 is 0 Å². The Morgan fingerprint density at radius 3 is 2.84 bits per heavy atom. The van der Waals surface area contributed by atoms with Crippen LogP contribution in [0.4, 0.5) is 5.69 Å². The van der Waals surface area contributed by atoms with Crippen LogP contribution in [0.1, 0.15) is 31.5 Å². The zero-order valence-corrected chi connectivity index (χ0v) is 14.6. The summed E-state index contributed by atoms with van der Waals surface area (Å²) in [6.07, 6.45) is 2.19. The smallest absolute Gasteiger partial charge is 0.237 e. The standard InChI is InChI=1S/C16H19N5O3S/c1-9(25-16-20-19-14(21(16)17)10-2-3-10)15(22)18-11-4-5-12-13(8-11)24-7-6-23-12/h4-5,8-10H,2-3,6-7,17H2,1H3,(H,18,22)/t9-/m0/s1. The van der Waals surface area contributed by atoms with Crippen molar-refractivity contribution in [3.63, 3.8) is 0 Å². The molecule has 1 amide bonds. The molecule has 0 bridgehead atoms. The summed E-state index contributed by atoms with van der Waals surface area (Å²) in [5, 5.41) is 11.3. The van der Waals surface area contributed by atoms with Gasteiger partial charge in [0, 0.05) is 17.7 Å². The fraction of sp³-hybridized carbons (Fsp3) is 0.438. The molecular weight excluding hydrogens is 342 g/mol. The maximum atomic E-state index is 12.4. The number of nitrogen functional groups attached to an aromatic ring is 1. The van der Waals surface area contributed by atoms with Crippen LogP contribution in [0.25, 0.3) is 0 Å². The minimum atomic E-state index is -0.369. The van der Waals surface area contributed by atoms with Gasteiger partial charge in [0.1, 0.15) is 13.2 Å². The van der Waals surface area contributed by atoms with Gasteiger partial charge < -0.3 is 20.6 Å². The number of hydrogen-bond donors (Lipinski definition) is 2. The molecule has 2 aromatic rings. The molecule has 132 valence electrons. The van der Waals surface area contributed by atoms with Gasteiger partial charge in [-0.05, 0) is 31.9 Å². The predicted molar refractivity (Wildman–Crippen MR) is 93.5 cm³/mol. The van der Waals surface area contributed by atoms with Crippen molar-refractivity contribution in [1.82, 2.24) is 14.9 Å². The Bertz CT molecular complexity index is 805. The van der Waals surface area contributed by atoms with E-state index in [0.717, 1.165) is 18.7 Å². The van der Waals surface area contributed by atoms with Crippen LogP contribution in [0.3, 0.4) is 0 Å². The molecule has 1 fully saturated rings. The van der Waals surface area contributed by atoms with Gasteiger partial charge in [-0.15, -0.1) is 10.2 Å². The van der Waals surface area contributed by atoms with E-state index in [1.807, 2.05) is 6.92 Å². The number of thioether (sulfide) groups is 1. The van der Waals surface area contributed by atoms with Crippen molar-refractivity contribution in [1.29, 1.82) is 0 Å². The first-order valence-corrected chi connectivity index (χ1v) is 9.07. The summed E-state index contributed by atoms with van der Waals surface area (Å²) in [6.45, 7) is 2.85. The largest absolute Gasteiger partial charge is 0.486 e. The lowest BCUT2D eigenvalue weighted by Gasteiger charge is -2.19. The average Bonchev–Trinajstić information content (AvgIpc) is 3.40. The second-order valence-electron chi connectivity index (χ2n) is 6.09. The number of fused-ring (bicyclic) bond motifs is 1. The number of hydrogen-bond acceptors (Lipinski definition) is 7. The van der Waals surface area contributed by atoms with Crippen LogP contribution in [0, 0.1) is 0 Å². The van der Waals surface area contributed by atoms with Gasteiger partial charge in [0.15, 0.2) is 17.3 Å². The molecule has 1 atom stereocenters. The highest BCUT2D eigenvalue weighted by atomic mass is 32.2. The van der Waals surface area contributed by atoms with E-state index >= 15 is 0 Å². The first-order chi connectivity index (χ1) is 12.1. The number of carbonyl (C=O) groups excluding carboxylic acids is 1. The molecule has 2 aliphatic rings. The number of carbonyl (C=O) groups is 1. The first kappa shape index (κ1) is 16.1. The van der Waals surface area contributed by atoms with Crippen molar-refractivity contribution in [3.8, 4) is 11.5 Å². The summed E-state index contributed by atoms with van der Waals surface area (Å²) >= 11 is 1.29. The quantitative estimate of drug-likeness (QED) is 0.617. The van der Waals surface area contributed by atoms with Crippen molar-refractivity contribution >= 4 is 23.4 Å². The van der Waals surface area contributed by atoms with E-state index in [0.29, 0.717) is 41.5 Å². The van der Waals surface area contributed by atoms with Crippen LogP contribution in [0.15, 0.2) is 23.4 Å². The van der Waals surface area contributed by atoms with Crippen LogP contribution in [-0.2, 0) is 4.79 Å². The number of benzene rings is 1. The monoisotopic (exact) mass is 361 g/mol. The highest BCUT2D eigenvalue weighted by Crippen LogP contribution is 2.39. The molecule has 9 heteroatoms. The summed E-state index contributed by atoms with van der Waals surface area (Å²) < 4.78 is 12.5. The maximum Gasteiger partial charge on any atom is 0.237 e. The lowest BCUT2D eigenvalue weighted by molar-refractivity contribution is -0.115. The van der Waals surface area contributed by atoms with Gasteiger partial charge >= 0.3 is 0 Å². The van der Waals surface area contributed by atoms with Crippen molar-refractivity contribution < 1.29 is 14.3 Å². The third kappa shape index (κ3) is 3.37. The van der Waals surface area contributed by atoms with Crippen LogP contribution in [-0.4, -0.2) is 39.2 Å². The number of nitrogens with one attached hydrogen (secondary N) is 1. The van der Waals surface area contributed by atoms with Crippen molar-refractivity contribution in [2.75, 3.05) is 24.4 Å². The molecule has 25 heavy (non-hydrogen) atoms. The highest BCUT2D eigenvalue weighted by molar-refractivity contribution is 8.00. The number of amides is 1. The third-order valence-corrected chi connectivity index (χ3v) is 5.15. The molecule has 2 heterocycles. The summed E-state index contributed by atoms with van der Waals surface area (Å²) in [5.41, 5.74) is 0.662. The van der Waals surface area contributed by atoms with Crippen LogP contribution < -0.4 is 20.6 Å². The Labute approximate surface area is 149 Å². The Kier molecular flexibility index (Phi) is 4.16. The number of nitrogens with zero attached hydrogens (tertiary/aromatic N) is 3. The second-order valence-corrected chi connectivity index (χ2v) is 7.40. The van der Waals surface area contributed by atoms with Gasteiger partial charge in [0.2, 0.25) is 11.1 Å². The third-order valence-electron chi connectivity index (χ3n) is 4.09. The predicted octanol–water partition coefficient (Wildman–Crippen LogP) is 1.76. The molecule has 0 spiro atoms. The normalized spacial score (nSPS) is 17.2. The molecule has 1 aliphatic heterocycles. The molecule has 8 nitrogen and oxygen atoms in total. The Hall–Kier alpha value is -2.42. The van der Waals surface area contributed by atoms with E-state index in [4.69, 9.17) is 15.3 Å². The van der Waals surface area contributed by atoms with E-state index in [1.165, 1.54) is 16.4 Å². The molecule has 4 rings (SSSR count). The van der Waals surface area contributed by atoms with Crippen LogP contribution in [0.5, 0.6) is 11.5 Å². The molecule has 1 aliphatic carbocycles. The van der Waals surface area contributed by atoms with Crippen molar-refractivity contribution in [3.05, 3.63) is 24.0 Å². The fourth-order valence-corrected chi connectivity index (χ4v) is 3.34. The Balaban J connectivity index is 1.40. The maximum absolute atomic E-state index is 12.4. The summed E-state index contributed by atoms with van der Waals surface area (Å²) in [5.74, 6) is 8.42. The lowest BCUT2D eigenvalue weighted by atomic mass is 10.2. The molecule has 1 saturated carbocycles. The van der Waals surface area contributed by atoms with Crippen LogP contribution >= 0.6 is 11.8 Å². The van der Waals surface area contributed by atoms with E-state index in [2.05, 4.69) is 15.5 Å². The molecule has 1 aromatic heterocycles. The van der Waals surface area contributed by atoms with Crippen molar-refractivity contribution in [2.45, 2.75) is 36.1 Å². The highest BCUT2D eigenvalue weighted by Gasteiger charge is 2.30. The zero-order valence-electron chi connectivity index (χ0n) is 13.8. The van der Waals surface area contributed by atoms with E-state index in [-0.39, 0.29) is 11.2 Å². The van der Waals surface area contributed by atoms with Gasteiger partial charge in [0.05, 0.1) is 5.25 Å². The summed E-state index contributed by atoms with van der Waals surface area (Å²) in [4.78, 5) is 12.4. The molecule has 0 radical (unpaired) electrons. The summed E-state index contributed by atoms with van der Waals surface area (Å²) in [7, 11) is 0. The number of rotatable bonds is 5. The number of anilines is 1. The van der Waals surface area contributed by atoms with Gasteiger partial charge in [-0.2, -0.15) is 0 Å². The van der Waals surface area contributed by atoms with Gasteiger partial charge in [0.25, 0.3) is 0 Å². The molecule has 3 N–H and O–H groups in total. The molecule has 0 unspecified atom stereocenters. The Morgan fingerprint density at radius 1 is 1.32 bits per heavy atom. The van der Waals surface area contributed by atoms with E-state index in [1.54, 1.807) is 18.2 Å². The zero-order chi connectivity index (χ0) is 17.4. The first-order valence-electron chi connectivity index (χ1n) is 8.19. The summed E-state index contributed by atoms with van der Waals surface area (Å²) in [6, 6.07) is 5.35. The molecule has 0 saturated heterocycles. The topological polar surface area (TPSA) is 104 Å².